The second-order valence-electron chi connectivity index (χ2n) is 10.5. The number of unbranched alkanes of at least 4 members (excludes halogenated alkanes) is 1. The minimum absolute atomic E-state index is 0.283. The molecular formula is C32H35NO3. The number of rotatable bonds is 6. The lowest BCUT2D eigenvalue weighted by molar-refractivity contribution is 0.0224. The first-order valence-electron chi connectivity index (χ1n) is 13.7. The van der Waals surface area contributed by atoms with Crippen molar-refractivity contribution in [1.82, 2.24) is 0 Å². The van der Waals surface area contributed by atoms with Gasteiger partial charge in [-0.05, 0) is 49.4 Å². The van der Waals surface area contributed by atoms with Crippen LogP contribution in [-0.4, -0.2) is 18.6 Å². The first-order valence-corrected chi connectivity index (χ1v) is 13.7. The molecule has 4 heteroatoms. The number of nitrogens with zero attached hydrogens (tertiary/aromatic N) is 1. The molecule has 3 unspecified atom stereocenters. The van der Waals surface area contributed by atoms with Crippen LogP contribution in [0, 0.1) is 5.92 Å². The van der Waals surface area contributed by atoms with E-state index >= 15 is 0 Å². The third kappa shape index (κ3) is 3.53. The van der Waals surface area contributed by atoms with E-state index in [1.165, 1.54) is 50.6 Å². The lowest BCUT2D eigenvalue weighted by Crippen LogP contribution is -2.43. The third-order valence-corrected chi connectivity index (χ3v) is 8.48. The summed E-state index contributed by atoms with van der Waals surface area (Å²) in [5.41, 5.74) is 3.52. The molecular weight excluding hydrogens is 446 g/mol. The van der Waals surface area contributed by atoms with E-state index in [1.807, 2.05) is 48.5 Å². The van der Waals surface area contributed by atoms with Crippen LogP contribution in [0.4, 0.5) is 5.69 Å². The van der Waals surface area contributed by atoms with Crippen LogP contribution in [0.25, 0.3) is 0 Å². The molecule has 2 aliphatic heterocycles. The SMILES string of the molecule is CCCCN(c1ccc2c(c1)Oc1ccccc1C21OC(=O)c2ccccc21)C1CCCCC1CC. The van der Waals surface area contributed by atoms with Crippen LogP contribution in [0.5, 0.6) is 11.5 Å². The van der Waals surface area contributed by atoms with Gasteiger partial charge < -0.3 is 14.4 Å². The van der Waals surface area contributed by atoms with Gasteiger partial charge in [0.15, 0.2) is 5.60 Å². The molecule has 0 radical (unpaired) electrons. The zero-order valence-corrected chi connectivity index (χ0v) is 21.3. The second-order valence-corrected chi connectivity index (χ2v) is 10.5. The van der Waals surface area contributed by atoms with Crippen LogP contribution in [0.15, 0.2) is 66.7 Å². The lowest BCUT2D eigenvalue weighted by Gasteiger charge is -2.42. The fourth-order valence-electron chi connectivity index (χ4n) is 6.68. The van der Waals surface area contributed by atoms with Crippen molar-refractivity contribution in [3.8, 4) is 11.5 Å². The molecule has 1 fully saturated rings. The van der Waals surface area contributed by atoms with Gasteiger partial charge in [0.25, 0.3) is 0 Å². The summed E-state index contributed by atoms with van der Waals surface area (Å²) >= 11 is 0. The van der Waals surface area contributed by atoms with Gasteiger partial charge in [-0.25, -0.2) is 4.79 Å². The van der Waals surface area contributed by atoms with Gasteiger partial charge in [-0.3, -0.25) is 0 Å². The minimum Gasteiger partial charge on any atom is -0.456 e. The molecule has 0 aromatic heterocycles. The maximum atomic E-state index is 13.1. The second kappa shape index (κ2) is 9.31. The molecule has 3 atom stereocenters. The molecule has 1 saturated carbocycles. The van der Waals surface area contributed by atoms with Crippen LogP contribution in [0.2, 0.25) is 0 Å². The Morgan fingerprint density at radius 2 is 1.64 bits per heavy atom. The number of carbonyl (C=O) groups is 1. The predicted molar refractivity (Wildman–Crippen MR) is 143 cm³/mol. The summed E-state index contributed by atoms with van der Waals surface area (Å²) < 4.78 is 12.8. The van der Waals surface area contributed by atoms with E-state index in [2.05, 4.69) is 36.9 Å². The van der Waals surface area contributed by atoms with Crippen molar-refractivity contribution in [2.24, 2.45) is 5.92 Å². The summed E-state index contributed by atoms with van der Waals surface area (Å²) in [4.78, 5) is 15.7. The number of carbonyl (C=O) groups excluding carboxylic acids is 1. The van der Waals surface area contributed by atoms with E-state index in [0.29, 0.717) is 11.6 Å². The highest BCUT2D eigenvalue weighted by Gasteiger charge is 2.53. The molecule has 0 saturated heterocycles. The van der Waals surface area contributed by atoms with Gasteiger partial charge in [0.05, 0.1) is 5.56 Å². The summed E-state index contributed by atoms with van der Waals surface area (Å²) in [5.74, 6) is 1.97. The molecule has 3 aromatic rings. The van der Waals surface area contributed by atoms with Gasteiger partial charge in [-0.1, -0.05) is 75.9 Å². The monoisotopic (exact) mass is 481 g/mol. The van der Waals surface area contributed by atoms with Gasteiger partial charge in [-0.15, -0.1) is 0 Å². The van der Waals surface area contributed by atoms with E-state index in [-0.39, 0.29) is 5.97 Å². The molecule has 0 N–H and O–H groups in total. The van der Waals surface area contributed by atoms with E-state index in [4.69, 9.17) is 9.47 Å². The summed E-state index contributed by atoms with van der Waals surface area (Å²) in [6.45, 7) is 5.65. The molecule has 4 nitrogen and oxygen atoms in total. The summed E-state index contributed by atoms with van der Waals surface area (Å²) in [7, 11) is 0. The van der Waals surface area contributed by atoms with Crippen molar-refractivity contribution < 1.29 is 14.3 Å². The quantitative estimate of drug-likeness (QED) is 0.336. The van der Waals surface area contributed by atoms with E-state index < -0.39 is 5.60 Å². The number of anilines is 1. The van der Waals surface area contributed by atoms with Crippen LogP contribution < -0.4 is 9.64 Å². The van der Waals surface area contributed by atoms with E-state index in [0.717, 1.165) is 40.7 Å². The fourth-order valence-corrected chi connectivity index (χ4v) is 6.68. The normalized spacial score (nSPS) is 23.9. The summed E-state index contributed by atoms with van der Waals surface area (Å²) in [5, 5.41) is 0. The van der Waals surface area contributed by atoms with Crippen molar-refractivity contribution in [2.45, 2.75) is 70.4 Å². The number of fused-ring (bicyclic) bond motifs is 6. The number of para-hydroxylation sites is 1. The van der Waals surface area contributed by atoms with Crippen molar-refractivity contribution in [1.29, 1.82) is 0 Å². The molecule has 3 aromatic carbocycles. The minimum atomic E-state index is -0.985. The average molecular weight is 482 g/mol. The highest BCUT2D eigenvalue weighted by molar-refractivity contribution is 5.97. The van der Waals surface area contributed by atoms with Crippen LogP contribution in [-0.2, 0) is 10.3 Å². The van der Waals surface area contributed by atoms with E-state index in [1.54, 1.807) is 0 Å². The first-order chi connectivity index (χ1) is 17.7. The predicted octanol–water partition coefficient (Wildman–Crippen LogP) is 7.83. The average Bonchev–Trinajstić information content (AvgIpc) is 3.22. The highest BCUT2D eigenvalue weighted by Crippen LogP contribution is 2.56. The topological polar surface area (TPSA) is 38.8 Å². The Balaban J connectivity index is 1.49. The molecule has 1 spiro atoms. The molecule has 186 valence electrons. The van der Waals surface area contributed by atoms with E-state index in [9.17, 15) is 4.79 Å². The smallest absolute Gasteiger partial charge is 0.340 e. The molecule has 2 heterocycles. The first kappa shape index (κ1) is 23.1. The molecule has 36 heavy (non-hydrogen) atoms. The van der Waals surface area contributed by atoms with Gasteiger partial charge in [-0.2, -0.15) is 0 Å². The Hall–Kier alpha value is -3.27. The van der Waals surface area contributed by atoms with Crippen molar-refractivity contribution >= 4 is 11.7 Å². The molecule has 0 amide bonds. The Morgan fingerprint density at radius 3 is 2.47 bits per heavy atom. The van der Waals surface area contributed by atoms with Gasteiger partial charge in [0.2, 0.25) is 0 Å². The zero-order chi connectivity index (χ0) is 24.7. The van der Waals surface area contributed by atoms with Gasteiger partial charge >= 0.3 is 5.97 Å². The Morgan fingerprint density at radius 1 is 0.889 bits per heavy atom. The molecule has 0 bridgehead atoms. The maximum Gasteiger partial charge on any atom is 0.340 e. The van der Waals surface area contributed by atoms with Crippen molar-refractivity contribution in [3.05, 3.63) is 89.0 Å². The van der Waals surface area contributed by atoms with Crippen LogP contribution >= 0.6 is 0 Å². The number of hydrogen-bond acceptors (Lipinski definition) is 4. The third-order valence-electron chi connectivity index (χ3n) is 8.48. The van der Waals surface area contributed by atoms with Gasteiger partial charge in [0, 0.05) is 41.0 Å². The maximum absolute atomic E-state index is 13.1. The standard InChI is InChI=1S/C32H35NO3/c1-3-5-20-33(28-16-10-6-12-22(28)4-2)23-18-19-27-30(21-23)35-29-17-11-9-15-26(29)32(27)25-14-8-7-13-24(25)31(34)36-32/h7-9,11,13-15,17-19,21-22,28H,3-6,10,12,16,20H2,1-2H3. The number of hydrogen-bond donors (Lipinski definition) is 0. The lowest BCUT2D eigenvalue weighted by atomic mass is 9.77. The fraction of sp³-hybridized carbons (Fsp3) is 0.406. The molecule has 6 rings (SSSR count). The van der Waals surface area contributed by atoms with Crippen molar-refractivity contribution in [3.63, 3.8) is 0 Å². The Labute approximate surface area is 214 Å². The van der Waals surface area contributed by atoms with Crippen LogP contribution in [0.1, 0.15) is 85.8 Å². The number of esters is 1. The number of ether oxygens (including phenoxy) is 2. The van der Waals surface area contributed by atoms with Crippen LogP contribution in [0.3, 0.4) is 0 Å². The van der Waals surface area contributed by atoms with Gasteiger partial charge in [0.1, 0.15) is 11.5 Å². The summed E-state index contributed by atoms with van der Waals surface area (Å²) in [6.07, 6.45) is 8.76. The molecule has 1 aliphatic carbocycles. The Bertz CT molecular complexity index is 1280. The van der Waals surface area contributed by atoms with Crippen molar-refractivity contribution in [2.75, 3.05) is 11.4 Å². The molecule has 3 aliphatic rings. The summed E-state index contributed by atoms with van der Waals surface area (Å²) in [6, 6.07) is 22.8. The Kier molecular flexibility index (Phi) is 5.99. The highest BCUT2D eigenvalue weighted by atomic mass is 16.6. The largest absolute Gasteiger partial charge is 0.456 e. The number of benzene rings is 3. The zero-order valence-electron chi connectivity index (χ0n) is 21.3.